The van der Waals surface area contributed by atoms with E-state index in [9.17, 15) is 0 Å². The number of aromatic nitrogens is 2. The molecule has 11 heavy (non-hydrogen) atoms. The Hall–Kier alpha value is 0.130. The average molecular weight is 283 g/mol. The molecule has 3 nitrogen and oxygen atoms in total. The second-order valence-electron chi connectivity index (χ2n) is 2.22. The molecule has 0 radical (unpaired) electrons. The molecule has 0 bridgehead atoms. The van der Waals surface area contributed by atoms with Crippen molar-refractivity contribution in [3.8, 4) is 0 Å². The van der Waals surface area contributed by atoms with Gasteiger partial charge in [0.05, 0.1) is 5.69 Å². The average Bonchev–Trinajstić information content (AvgIpc) is 2.19. The van der Waals surface area contributed by atoms with Gasteiger partial charge < -0.3 is 10.3 Å². The molecule has 0 aliphatic rings. The maximum atomic E-state index is 5.40. The molecule has 0 aliphatic carbocycles. The molecule has 1 rings (SSSR count). The molecule has 2 N–H and O–H groups in total. The highest BCUT2D eigenvalue weighted by molar-refractivity contribution is 9.11. The smallest absolute Gasteiger partial charge is 0.177 e. The van der Waals surface area contributed by atoms with E-state index in [1.807, 2.05) is 11.6 Å². The zero-order valence-electron chi connectivity index (χ0n) is 6.14. The van der Waals surface area contributed by atoms with Gasteiger partial charge in [0, 0.05) is 13.5 Å². The van der Waals surface area contributed by atoms with Gasteiger partial charge >= 0.3 is 0 Å². The van der Waals surface area contributed by atoms with Gasteiger partial charge in [-0.3, -0.25) is 0 Å². The number of rotatable bonds is 2. The molecule has 1 heterocycles. The van der Waals surface area contributed by atoms with Gasteiger partial charge in [-0.2, -0.15) is 0 Å². The van der Waals surface area contributed by atoms with Crippen molar-refractivity contribution < 1.29 is 0 Å². The summed E-state index contributed by atoms with van der Waals surface area (Å²) in [6, 6.07) is 0. The Labute approximate surface area is 82.2 Å². The van der Waals surface area contributed by atoms with Crippen LogP contribution in [0.5, 0.6) is 0 Å². The number of hydrogen-bond acceptors (Lipinski definition) is 2. The van der Waals surface area contributed by atoms with E-state index in [0.717, 1.165) is 21.5 Å². The van der Waals surface area contributed by atoms with E-state index in [4.69, 9.17) is 5.73 Å². The first-order valence-electron chi connectivity index (χ1n) is 3.23. The van der Waals surface area contributed by atoms with Crippen LogP contribution >= 0.6 is 31.9 Å². The first-order valence-corrected chi connectivity index (χ1v) is 4.82. The minimum absolute atomic E-state index is 0.627. The van der Waals surface area contributed by atoms with Gasteiger partial charge in [-0.25, -0.2) is 4.98 Å². The molecule has 0 saturated carbocycles. The van der Waals surface area contributed by atoms with E-state index in [1.54, 1.807) is 0 Å². The van der Waals surface area contributed by atoms with Crippen molar-refractivity contribution in [1.29, 1.82) is 0 Å². The van der Waals surface area contributed by atoms with Crippen molar-refractivity contribution in [1.82, 2.24) is 9.55 Å². The molecule has 0 aromatic carbocycles. The SMILES string of the molecule is Cn1c(Br)nc(CCN)c1Br. The number of nitrogens with two attached hydrogens (primary N) is 1. The lowest BCUT2D eigenvalue weighted by Gasteiger charge is -1.94. The number of imidazole rings is 1. The van der Waals surface area contributed by atoms with E-state index in [0.29, 0.717) is 6.54 Å². The molecule has 1 aromatic heterocycles. The largest absolute Gasteiger partial charge is 0.330 e. The summed E-state index contributed by atoms with van der Waals surface area (Å²) < 4.78 is 3.74. The van der Waals surface area contributed by atoms with Crippen molar-refractivity contribution in [2.24, 2.45) is 12.8 Å². The fourth-order valence-electron chi connectivity index (χ4n) is 0.803. The van der Waals surface area contributed by atoms with Crippen LogP contribution in [-0.4, -0.2) is 16.1 Å². The highest BCUT2D eigenvalue weighted by Crippen LogP contribution is 2.20. The molecule has 0 spiro atoms. The van der Waals surface area contributed by atoms with Crippen molar-refractivity contribution in [3.05, 3.63) is 15.0 Å². The van der Waals surface area contributed by atoms with Crippen LogP contribution in [-0.2, 0) is 13.5 Å². The third kappa shape index (κ3) is 1.83. The zero-order valence-corrected chi connectivity index (χ0v) is 9.31. The van der Waals surface area contributed by atoms with Gasteiger partial charge in [-0.15, -0.1) is 0 Å². The monoisotopic (exact) mass is 281 g/mol. The summed E-state index contributed by atoms with van der Waals surface area (Å²) >= 11 is 6.73. The van der Waals surface area contributed by atoms with Crippen molar-refractivity contribution >= 4 is 31.9 Å². The van der Waals surface area contributed by atoms with Crippen LogP contribution in [0.4, 0.5) is 0 Å². The second kappa shape index (κ2) is 3.69. The standard InChI is InChI=1S/C6H9Br2N3/c1-11-5(7)4(2-3-9)10-6(11)8/h2-3,9H2,1H3. The predicted octanol–water partition coefficient (Wildman–Crippen LogP) is 1.45. The predicted molar refractivity (Wildman–Crippen MR) is 51.4 cm³/mol. The maximum absolute atomic E-state index is 5.40. The van der Waals surface area contributed by atoms with Crippen LogP contribution in [0.15, 0.2) is 9.34 Å². The minimum Gasteiger partial charge on any atom is -0.330 e. The Morgan fingerprint density at radius 3 is 2.55 bits per heavy atom. The van der Waals surface area contributed by atoms with Crippen LogP contribution in [0.2, 0.25) is 0 Å². The molecular formula is C6H9Br2N3. The normalized spacial score (nSPS) is 10.5. The molecule has 62 valence electrons. The van der Waals surface area contributed by atoms with Crippen LogP contribution in [0, 0.1) is 0 Å². The van der Waals surface area contributed by atoms with Gasteiger partial charge in [0.2, 0.25) is 0 Å². The van der Waals surface area contributed by atoms with Crippen LogP contribution < -0.4 is 5.73 Å². The fourth-order valence-corrected chi connectivity index (χ4v) is 1.89. The summed E-state index contributed by atoms with van der Waals surface area (Å²) in [4.78, 5) is 4.25. The summed E-state index contributed by atoms with van der Waals surface area (Å²) in [5, 5.41) is 0. The van der Waals surface area contributed by atoms with Crippen LogP contribution in [0.1, 0.15) is 5.69 Å². The molecule has 0 aliphatic heterocycles. The van der Waals surface area contributed by atoms with Gasteiger partial charge in [0.25, 0.3) is 0 Å². The fraction of sp³-hybridized carbons (Fsp3) is 0.500. The highest BCUT2D eigenvalue weighted by atomic mass is 79.9. The second-order valence-corrected chi connectivity index (χ2v) is 3.68. The van der Waals surface area contributed by atoms with Crippen molar-refractivity contribution in [2.45, 2.75) is 6.42 Å². The summed E-state index contributed by atoms with van der Waals surface area (Å²) in [5.74, 6) is 0. The quantitative estimate of drug-likeness (QED) is 0.892. The Bertz CT molecular complexity index is 257. The Morgan fingerprint density at radius 1 is 1.55 bits per heavy atom. The van der Waals surface area contributed by atoms with E-state index in [2.05, 4.69) is 36.8 Å². The lowest BCUT2D eigenvalue weighted by Crippen LogP contribution is -2.03. The van der Waals surface area contributed by atoms with E-state index >= 15 is 0 Å². The van der Waals surface area contributed by atoms with Crippen LogP contribution in [0.25, 0.3) is 0 Å². The van der Waals surface area contributed by atoms with E-state index < -0.39 is 0 Å². The van der Waals surface area contributed by atoms with E-state index in [-0.39, 0.29) is 0 Å². The Kier molecular flexibility index (Phi) is 3.09. The van der Waals surface area contributed by atoms with Crippen molar-refractivity contribution in [2.75, 3.05) is 6.54 Å². The molecule has 0 unspecified atom stereocenters. The van der Waals surface area contributed by atoms with Gasteiger partial charge in [-0.1, -0.05) is 0 Å². The van der Waals surface area contributed by atoms with E-state index in [1.165, 1.54) is 0 Å². The third-order valence-electron chi connectivity index (χ3n) is 1.42. The minimum atomic E-state index is 0.627. The zero-order chi connectivity index (χ0) is 8.43. The van der Waals surface area contributed by atoms with Gasteiger partial charge in [0.15, 0.2) is 4.73 Å². The first-order chi connectivity index (χ1) is 5.16. The molecule has 0 atom stereocenters. The lowest BCUT2D eigenvalue weighted by molar-refractivity contribution is 0.857. The van der Waals surface area contributed by atoms with Gasteiger partial charge in [-0.05, 0) is 38.4 Å². The number of halogens is 2. The van der Waals surface area contributed by atoms with Crippen molar-refractivity contribution in [3.63, 3.8) is 0 Å². The number of hydrogen-bond donors (Lipinski definition) is 1. The first kappa shape index (κ1) is 9.22. The molecule has 0 fully saturated rings. The molecular weight excluding hydrogens is 274 g/mol. The summed E-state index contributed by atoms with van der Waals surface area (Å²) in [6.07, 6.45) is 0.806. The molecule has 0 saturated heterocycles. The maximum Gasteiger partial charge on any atom is 0.177 e. The number of nitrogens with zero attached hydrogens (tertiary/aromatic N) is 2. The Morgan fingerprint density at radius 2 is 2.18 bits per heavy atom. The highest BCUT2D eigenvalue weighted by Gasteiger charge is 2.08. The lowest BCUT2D eigenvalue weighted by atomic mass is 10.3. The molecule has 0 amide bonds. The van der Waals surface area contributed by atoms with Crippen LogP contribution in [0.3, 0.4) is 0 Å². The topological polar surface area (TPSA) is 43.8 Å². The molecule has 1 aromatic rings. The summed E-state index contributed by atoms with van der Waals surface area (Å²) in [7, 11) is 1.93. The van der Waals surface area contributed by atoms with Gasteiger partial charge in [0.1, 0.15) is 4.60 Å². The third-order valence-corrected chi connectivity index (χ3v) is 3.12. The summed E-state index contributed by atoms with van der Waals surface area (Å²) in [5.41, 5.74) is 6.41. The molecule has 5 heteroatoms. The summed E-state index contributed by atoms with van der Waals surface area (Å²) in [6.45, 7) is 0.627. The Balaban J connectivity index is 2.98.